The molecule has 0 fully saturated rings. The lowest BCUT2D eigenvalue weighted by Crippen LogP contribution is -2.29. The van der Waals surface area contributed by atoms with Crippen molar-refractivity contribution >= 4 is 11.6 Å². The van der Waals surface area contributed by atoms with Gasteiger partial charge in [0.05, 0.1) is 0 Å². The Morgan fingerprint density at radius 2 is 1.89 bits per heavy atom. The first-order chi connectivity index (χ1) is 8.63. The van der Waals surface area contributed by atoms with Crippen LogP contribution in [0.4, 0.5) is 4.39 Å². The number of benzene rings is 1. The second-order valence-electron chi connectivity index (χ2n) is 4.67. The minimum atomic E-state index is -0.206. The van der Waals surface area contributed by atoms with Gasteiger partial charge in [0.2, 0.25) is 0 Å². The number of hydrogen-bond donors (Lipinski definition) is 1. The summed E-state index contributed by atoms with van der Waals surface area (Å²) >= 11 is 5.81. The van der Waals surface area contributed by atoms with Crippen molar-refractivity contribution in [3.8, 4) is 0 Å². The molecule has 0 saturated heterocycles. The maximum atomic E-state index is 14.0. The van der Waals surface area contributed by atoms with E-state index in [4.69, 9.17) is 11.6 Å². The second-order valence-corrected chi connectivity index (χ2v) is 5.11. The third-order valence-electron chi connectivity index (χ3n) is 3.43. The van der Waals surface area contributed by atoms with Gasteiger partial charge in [-0.05, 0) is 31.0 Å². The summed E-state index contributed by atoms with van der Waals surface area (Å²) in [6, 6.07) is 5.06. The highest BCUT2D eigenvalue weighted by atomic mass is 35.5. The van der Waals surface area contributed by atoms with Crippen LogP contribution in [0.1, 0.15) is 51.6 Å². The highest BCUT2D eigenvalue weighted by Gasteiger charge is 2.22. The monoisotopic (exact) mass is 271 g/mol. The molecule has 1 atom stereocenters. The van der Waals surface area contributed by atoms with E-state index < -0.39 is 0 Å². The Bertz CT molecular complexity index is 364. The van der Waals surface area contributed by atoms with Crippen LogP contribution >= 0.6 is 11.6 Å². The Balaban J connectivity index is 3.00. The molecule has 0 amide bonds. The molecular formula is C15H23ClFN. The van der Waals surface area contributed by atoms with E-state index in [1.54, 1.807) is 6.07 Å². The minimum absolute atomic E-state index is 0.0808. The molecule has 1 aromatic rings. The molecular weight excluding hydrogens is 249 g/mol. The van der Waals surface area contributed by atoms with E-state index >= 15 is 0 Å². The van der Waals surface area contributed by atoms with Gasteiger partial charge in [-0.1, -0.05) is 51.3 Å². The SMILES string of the molecule is CCCNC(c1ccc(Cl)cc1F)C(CC)CC. The summed E-state index contributed by atoms with van der Waals surface area (Å²) in [6.07, 6.45) is 3.13. The van der Waals surface area contributed by atoms with Crippen molar-refractivity contribution in [1.82, 2.24) is 5.32 Å². The van der Waals surface area contributed by atoms with Gasteiger partial charge in [-0.2, -0.15) is 0 Å². The second kappa shape index (κ2) is 7.75. The number of halogens is 2. The van der Waals surface area contributed by atoms with Gasteiger partial charge in [-0.3, -0.25) is 0 Å². The zero-order valence-electron chi connectivity index (χ0n) is 11.5. The van der Waals surface area contributed by atoms with Crippen molar-refractivity contribution < 1.29 is 4.39 Å². The maximum absolute atomic E-state index is 14.0. The van der Waals surface area contributed by atoms with Gasteiger partial charge in [-0.15, -0.1) is 0 Å². The molecule has 0 spiro atoms. The molecule has 1 unspecified atom stereocenters. The lowest BCUT2D eigenvalue weighted by atomic mass is 9.88. The zero-order chi connectivity index (χ0) is 13.5. The summed E-state index contributed by atoms with van der Waals surface area (Å²) in [6.45, 7) is 7.34. The highest BCUT2D eigenvalue weighted by molar-refractivity contribution is 6.30. The molecule has 1 rings (SSSR count). The average molecular weight is 272 g/mol. The van der Waals surface area contributed by atoms with Crippen LogP contribution in [0.15, 0.2) is 18.2 Å². The Morgan fingerprint density at radius 3 is 2.39 bits per heavy atom. The third-order valence-corrected chi connectivity index (χ3v) is 3.67. The van der Waals surface area contributed by atoms with Gasteiger partial charge >= 0.3 is 0 Å². The van der Waals surface area contributed by atoms with Gasteiger partial charge in [-0.25, -0.2) is 4.39 Å². The number of nitrogens with one attached hydrogen (secondary N) is 1. The molecule has 0 aliphatic heterocycles. The molecule has 0 saturated carbocycles. The van der Waals surface area contributed by atoms with Crippen LogP contribution in [0.2, 0.25) is 5.02 Å². The molecule has 102 valence electrons. The van der Waals surface area contributed by atoms with Crippen molar-refractivity contribution in [3.63, 3.8) is 0 Å². The van der Waals surface area contributed by atoms with Gasteiger partial charge in [0.15, 0.2) is 0 Å². The summed E-state index contributed by atoms with van der Waals surface area (Å²) in [4.78, 5) is 0. The highest BCUT2D eigenvalue weighted by Crippen LogP contribution is 2.30. The minimum Gasteiger partial charge on any atom is -0.310 e. The Kier molecular flexibility index (Phi) is 6.66. The number of hydrogen-bond acceptors (Lipinski definition) is 1. The fourth-order valence-corrected chi connectivity index (χ4v) is 2.50. The van der Waals surface area contributed by atoms with Crippen LogP contribution in [-0.2, 0) is 0 Å². The van der Waals surface area contributed by atoms with E-state index in [1.165, 1.54) is 6.07 Å². The molecule has 1 N–H and O–H groups in total. The summed E-state index contributed by atoms with van der Waals surface area (Å²) in [7, 11) is 0. The Hall–Kier alpha value is -0.600. The average Bonchev–Trinajstić information content (AvgIpc) is 2.35. The van der Waals surface area contributed by atoms with E-state index in [2.05, 4.69) is 26.1 Å². The topological polar surface area (TPSA) is 12.0 Å². The summed E-state index contributed by atoms with van der Waals surface area (Å²) in [5, 5.41) is 3.92. The van der Waals surface area contributed by atoms with Crippen LogP contribution in [0.5, 0.6) is 0 Å². The molecule has 0 aromatic heterocycles. The molecule has 0 aliphatic rings. The molecule has 0 bridgehead atoms. The van der Waals surface area contributed by atoms with Crippen molar-refractivity contribution in [2.24, 2.45) is 5.92 Å². The molecule has 0 heterocycles. The van der Waals surface area contributed by atoms with Crippen LogP contribution < -0.4 is 5.32 Å². The molecule has 1 aromatic carbocycles. The molecule has 3 heteroatoms. The summed E-state index contributed by atoms with van der Waals surface area (Å²) < 4.78 is 14.0. The van der Waals surface area contributed by atoms with E-state index in [0.717, 1.165) is 31.4 Å². The number of rotatable bonds is 7. The van der Waals surface area contributed by atoms with Crippen LogP contribution in [0, 0.1) is 11.7 Å². The van der Waals surface area contributed by atoms with Gasteiger partial charge in [0.1, 0.15) is 5.82 Å². The molecule has 18 heavy (non-hydrogen) atoms. The summed E-state index contributed by atoms with van der Waals surface area (Å²) in [5.41, 5.74) is 0.738. The lowest BCUT2D eigenvalue weighted by molar-refractivity contribution is 0.333. The van der Waals surface area contributed by atoms with Crippen LogP contribution in [0.3, 0.4) is 0 Å². The van der Waals surface area contributed by atoms with Crippen LogP contribution in [0.25, 0.3) is 0 Å². The quantitative estimate of drug-likeness (QED) is 0.739. The lowest BCUT2D eigenvalue weighted by Gasteiger charge is -2.27. The van der Waals surface area contributed by atoms with Crippen LogP contribution in [-0.4, -0.2) is 6.54 Å². The van der Waals surface area contributed by atoms with E-state index in [1.807, 2.05) is 6.07 Å². The largest absolute Gasteiger partial charge is 0.310 e. The first-order valence-electron chi connectivity index (χ1n) is 6.82. The normalized spacial score (nSPS) is 13.0. The predicted octanol–water partition coefficient (Wildman–Crippen LogP) is 4.96. The Morgan fingerprint density at radius 1 is 1.22 bits per heavy atom. The van der Waals surface area contributed by atoms with Crippen molar-refractivity contribution in [2.45, 2.75) is 46.1 Å². The van der Waals surface area contributed by atoms with Crippen molar-refractivity contribution in [2.75, 3.05) is 6.54 Å². The molecule has 1 nitrogen and oxygen atoms in total. The van der Waals surface area contributed by atoms with Gasteiger partial charge in [0.25, 0.3) is 0 Å². The first kappa shape index (κ1) is 15.5. The zero-order valence-corrected chi connectivity index (χ0v) is 12.2. The molecule has 0 aliphatic carbocycles. The van der Waals surface area contributed by atoms with Crippen molar-refractivity contribution in [1.29, 1.82) is 0 Å². The third kappa shape index (κ3) is 3.96. The maximum Gasteiger partial charge on any atom is 0.129 e. The fraction of sp³-hybridized carbons (Fsp3) is 0.600. The standard InChI is InChI=1S/C15H23ClFN/c1-4-9-18-15(11(5-2)6-3)13-8-7-12(16)10-14(13)17/h7-8,10-11,15,18H,4-6,9H2,1-3H3. The summed E-state index contributed by atoms with van der Waals surface area (Å²) in [5.74, 6) is 0.246. The van der Waals surface area contributed by atoms with Crippen molar-refractivity contribution in [3.05, 3.63) is 34.6 Å². The first-order valence-corrected chi connectivity index (χ1v) is 7.20. The van der Waals surface area contributed by atoms with E-state index in [0.29, 0.717) is 10.9 Å². The van der Waals surface area contributed by atoms with E-state index in [-0.39, 0.29) is 11.9 Å². The van der Waals surface area contributed by atoms with E-state index in [9.17, 15) is 4.39 Å². The Labute approximate surface area is 115 Å². The molecule has 0 radical (unpaired) electrons. The fourth-order valence-electron chi connectivity index (χ4n) is 2.34. The van der Waals surface area contributed by atoms with Gasteiger partial charge < -0.3 is 5.32 Å². The van der Waals surface area contributed by atoms with Gasteiger partial charge in [0, 0.05) is 16.6 Å². The predicted molar refractivity (Wildman–Crippen MR) is 76.5 cm³/mol. The smallest absolute Gasteiger partial charge is 0.129 e.